The Bertz CT molecular complexity index is 793. The minimum atomic E-state index is -0.344. The Balaban J connectivity index is 1.72. The van der Waals surface area contributed by atoms with Crippen LogP contribution in [-0.4, -0.2) is 12.2 Å². The second-order valence-corrected chi connectivity index (χ2v) is 9.07. The Hall–Kier alpha value is -2.14. The van der Waals surface area contributed by atoms with Gasteiger partial charge in [-0.15, -0.1) is 0 Å². The van der Waals surface area contributed by atoms with E-state index in [4.69, 9.17) is 0 Å². The highest BCUT2D eigenvalue weighted by Crippen LogP contribution is 2.34. The molecule has 2 aromatic rings. The van der Waals surface area contributed by atoms with Gasteiger partial charge in [0.05, 0.1) is 11.8 Å². The van der Waals surface area contributed by atoms with Gasteiger partial charge in [-0.25, -0.2) is 10.2 Å². The Morgan fingerprint density at radius 3 is 2.00 bits per heavy atom. The van der Waals surface area contributed by atoms with E-state index in [-0.39, 0.29) is 11.6 Å². The van der Waals surface area contributed by atoms with E-state index in [1.165, 1.54) is 44.1 Å². The summed E-state index contributed by atoms with van der Waals surface area (Å²) in [4.78, 5) is 12.8. The second-order valence-electron chi connectivity index (χ2n) is 8.15. The van der Waals surface area contributed by atoms with Gasteiger partial charge in [-0.2, -0.15) is 5.10 Å². The number of benzene rings is 2. The van der Waals surface area contributed by atoms with Gasteiger partial charge in [0.15, 0.2) is 0 Å². The van der Waals surface area contributed by atoms with E-state index in [0.29, 0.717) is 0 Å². The largest absolute Gasteiger partial charge is 0.335 e. The number of amides is 2. The summed E-state index contributed by atoms with van der Waals surface area (Å²) in [6.45, 7) is 0. The molecule has 30 heavy (non-hydrogen) atoms. The molecule has 1 fully saturated rings. The number of nitrogens with zero attached hydrogens (tertiary/aromatic N) is 1. The molecule has 2 N–H and O–H groups in total. The summed E-state index contributed by atoms with van der Waals surface area (Å²) in [5.41, 5.74) is 4.45. The van der Waals surface area contributed by atoms with Crippen LogP contribution in [0.25, 0.3) is 0 Å². The van der Waals surface area contributed by atoms with Crippen LogP contribution >= 0.6 is 15.9 Å². The van der Waals surface area contributed by atoms with E-state index < -0.39 is 0 Å². The molecule has 1 aliphatic rings. The van der Waals surface area contributed by atoms with Crippen molar-refractivity contribution in [2.45, 2.75) is 69.7 Å². The van der Waals surface area contributed by atoms with Crippen LogP contribution in [0.15, 0.2) is 64.2 Å². The number of halogens is 1. The summed E-state index contributed by atoms with van der Waals surface area (Å²) in [6, 6.07) is 18.0. The van der Waals surface area contributed by atoms with Crippen LogP contribution < -0.4 is 10.7 Å². The molecule has 0 atom stereocenters. The van der Waals surface area contributed by atoms with Gasteiger partial charge in [-0.05, 0) is 36.1 Å². The first-order valence-electron chi connectivity index (χ1n) is 11.1. The number of nitrogens with one attached hydrogen (secondary N) is 2. The van der Waals surface area contributed by atoms with Gasteiger partial charge in [0.1, 0.15) is 0 Å². The van der Waals surface area contributed by atoms with Crippen molar-refractivity contribution in [1.29, 1.82) is 0 Å². The number of carbonyl (C=O) groups is 1. The van der Waals surface area contributed by atoms with Crippen LogP contribution in [0.5, 0.6) is 0 Å². The molecule has 0 radical (unpaired) electrons. The fourth-order valence-electron chi connectivity index (χ4n) is 4.24. The maximum atomic E-state index is 12.8. The van der Waals surface area contributed by atoms with Gasteiger partial charge >= 0.3 is 6.03 Å². The lowest BCUT2D eigenvalue weighted by Gasteiger charge is -2.35. The standard InChI is InChI=1S/C25H32BrN3O/c26-23-16-14-21(15-17-23)20-27-29-24(30)28-25(22-12-8-7-9-13-22)18-10-5-3-1-2-4-6-11-19-25/h7-9,12-17,20H,1-6,10-11,18-19H2,(H2,28,29,30). The monoisotopic (exact) mass is 469 g/mol. The average molecular weight is 470 g/mol. The summed E-state index contributed by atoms with van der Waals surface area (Å²) >= 11 is 3.42. The lowest BCUT2D eigenvalue weighted by Crippen LogP contribution is -2.49. The topological polar surface area (TPSA) is 53.5 Å². The molecule has 0 saturated heterocycles. The van der Waals surface area contributed by atoms with Crippen LogP contribution in [0.3, 0.4) is 0 Å². The van der Waals surface area contributed by atoms with Gasteiger partial charge in [0.2, 0.25) is 0 Å². The molecule has 0 aliphatic heterocycles. The van der Waals surface area contributed by atoms with Crippen molar-refractivity contribution in [3.05, 3.63) is 70.2 Å². The normalized spacial score (nSPS) is 17.8. The molecule has 0 unspecified atom stereocenters. The fraction of sp³-hybridized carbons (Fsp3) is 0.440. The summed E-state index contributed by atoms with van der Waals surface area (Å²) in [7, 11) is 0. The number of rotatable bonds is 4. The van der Waals surface area contributed by atoms with Gasteiger partial charge in [-0.1, -0.05) is 110 Å². The summed E-state index contributed by atoms with van der Waals surface area (Å²) in [5, 5.41) is 7.46. The summed E-state index contributed by atoms with van der Waals surface area (Å²) < 4.78 is 1.02. The number of urea groups is 1. The smallest absolute Gasteiger partial charge is 0.327 e. The maximum Gasteiger partial charge on any atom is 0.335 e. The van der Waals surface area contributed by atoms with Crippen LogP contribution in [-0.2, 0) is 5.54 Å². The Kier molecular flexibility index (Phi) is 8.94. The molecule has 0 bridgehead atoms. The maximum absolute atomic E-state index is 12.8. The minimum Gasteiger partial charge on any atom is -0.327 e. The fourth-order valence-corrected chi connectivity index (χ4v) is 4.51. The number of carbonyl (C=O) groups excluding carboxylic acids is 1. The summed E-state index contributed by atoms with van der Waals surface area (Å²) in [6.07, 6.45) is 13.5. The predicted octanol–water partition coefficient (Wildman–Crippen LogP) is 6.89. The van der Waals surface area contributed by atoms with Crippen LogP contribution in [0.1, 0.15) is 75.3 Å². The molecular weight excluding hydrogens is 438 g/mol. The van der Waals surface area contributed by atoms with Crippen molar-refractivity contribution in [1.82, 2.24) is 10.7 Å². The van der Waals surface area contributed by atoms with Crippen molar-refractivity contribution in [2.75, 3.05) is 0 Å². The molecule has 2 aromatic carbocycles. The van der Waals surface area contributed by atoms with E-state index in [0.717, 1.165) is 35.7 Å². The van der Waals surface area contributed by atoms with E-state index >= 15 is 0 Å². The van der Waals surface area contributed by atoms with Gasteiger partial charge in [-0.3, -0.25) is 0 Å². The highest BCUT2D eigenvalue weighted by molar-refractivity contribution is 9.10. The highest BCUT2D eigenvalue weighted by atomic mass is 79.9. The average Bonchev–Trinajstić information content (AvgIpc) is 2.81. The molecule has 2 amide bonds. The third kappa shape index (κ3) is 6.98. The summed E-state index contributed by atoms with van der Waals surface area (Å²) in [5.74, 6) is 0. The molecule has 1 aliphatic carbocycles. The van der Waals surface area contributed by atoms with Gasteiger partial charge < -0.3 is 5.32 Å². The van der Waals surface area contributed by atoms with Crippen molar-refractivity contribution in [3.63, 3.8) is 0 Å². The second kappa shape index (κ2) is 11.9. The van der Waals surface area contributed by atoms with Crippen molar-refractivity contribution < 1.29 is 4.79 Å². The molecule has 5 heteroatoms. The van der Waals surface area contributed by atoms with Crippen LogP contribution in [0.2, 0.25) is 0 Å². The molecule has 0 heterocycles. The first-order valence-corrected chi connectivity index (χ1v) is 11.9. The Morgan fingerprint density at radius 2 is 1.40 bits per heavy atom. The molecule has 0 spiro atoms. The minimum absolute atomic E-state index is 0.248. The zero-order chi connectivity index (χ0) is 21.1. The lowest BCUT2D eigenvalue weighted by atomic mass is 9.80. The highest BCUT2D eigenvalue weighted by Gasteiger charge is 2.33. The zero-order valence-electron chi connectivity index (χ0n) is 17.6. The molecule has 3 rings (SSSR count). The third-order valence-electron chi connectivity index (χ3n) is 5.89. The molecule has 160 valence electrons. The van der Waals surface area contributed by atoms with Crippen molar-refractivity contribution >= 4 is 28.2 Å². The van der Waals surface area contributed by atoms with Crippen LogP contribution in [0.4, 0.5) is 4.79 Å². The third-order valence-corrected chi connectivity index (χ3v) is 6.41. The number of hydrazone groups is 1. The number of hydrogen-bond donors (Lipinski definition) is 2. The molecule has 4 nitrogen and oxygen atoms in total. The lowest BCUT2D eigenvalue weighted by molar-refractivity contribution is 0.213. The molecule has 0 aromatic heterocycles. The Morgan fingerprint density at radius 1 is 0.833 bits per heavy atom. The first kappa shape index (κ1) is 22.5. The SMILES string of the molecule is O=C(NN=Cc1ccc(Br)cc1)NC1(c2ccccc2)CCCCCCCCCC1. The van der Waals surface area contributed by atoms with E-state index in [1.54, 1.807) is 6.21 Å². The van der Waals surface area contributed by atoms with E-state index in [2.05, 4.69) is 56.0 Å². The van der Waals surface area contributed by atoms with Gasteiger partial charge in [0, 0.05) is 4.47 Å². The van der Waals surface area contributed by atoms with Crippen molar-refractivity contribution in [3.8, 4) is 0 Å². The Labute approximate surface area is 188 Å². The van der Waals surface area contributed by atoms with Gasteiger partial charge in [0.25, 0.3) is 0 Å². The van der Waals surface area contributed by atoms with E-state index in [1.807, 2.05) is 30.3 Å². The van der Waals surface area contributed by atoms with Crippen LogP contribution in [0, 0.1) is 0 Å². The molecule has 1 saturated carbocycles. The number of hydrogen-bond acceptors (Lipinski definition) is 2. The first-order chi connectivity index (χ1) is 14.7. The predicted molar refractivity (Wildman–Crippen MR) is 128 cm³/mol. The van der Waals surface area contributed by atoms with Crippen molar-refractivity contribution in [2.24, 2.45) is 5.10 Å². The zero-order valence-corrected chi connectivity index (χ0v) is 19.2. The molecular formula is C25H32BrN3O. The van der Waals surface area contributed by atoms with E-state index in [9.17, 15) is 4.79 Å². The quantitative estimate of drug-likeness (QED) is 0.371.